The van der Waals surface area contributed by atoms with Gasteiger partial charge >= 0.3 is 12.1 Å². The summed E-state index contributed by atoms with van der Waals surface area (Å²) in [4.78, 5) is 52.5. The monoisotopic (exact) mass is 1420 g/mol. The molecule has 524 valence electrons. The van der Waals surface area contributed by atoms with Gasteiger partial charge in [-0.15, -0.1) is 0 Å². The zero-order valence-electron chi connectivity index (χ0n) is 56.3. The zero-order chi connectivity index (χ0) is 73.2. The summed E-state index contributed by atoms with van der Waals surface area (Å²) in [6, 6.07) is 29.6. The zero-order valence-corrected chi connectivity index (χ0v) is 59.3. The van der Waals surface area contributed by atoms with E-state index in [2.05, 4.69) is 66.5 Å². The molecule has 4 aromatic carbocycles. The fourth-order valence-corrected chi connectivity index (χ4v) is 6.21. The summed E-state index contributed by atoms with van der Waals surface area (Å²) in [6.07, 6.45) is 5.69. The van der Waals surface area contributed by atoms with Crippen LogP contribution in [0.5, 0.6) is 0 Å². The molecule has 0 aliphatic rings. The van der Waals surface area contributed by atoms with Gasteiger partial charge in [0.15, 0.2) is 0 Å². The number of aliphatic hydroxyl groups is 3. The molecule has 0 unspecified atom stereocenters. The molecule has 12 N–H and O–H groups in total. The second-order valence-electron chi connectivity index (χ2n) is 24.0. The van der Waals surface area contributed by atoms with Gasteiger partial charge in [0.05, 0.1) is 28.9 Å². The lowest BCUT2D eigenvalue weighted by Gasteiger charge is -2.28. The van der Waals surface area contributed by atoms with E-state index in [0.29, 0.717) is 34.2 Å². The van der Waals surface area contributed by atoms with E-state index in [-0.39, 0.29) is 68.8 Å². The second kappa shape index (κ2) is 41.6. The van der Waals surface area contributed by atoms with Crippen LogP contribution in [0.3, 0.4) is 0 Å². The first-order valence-electron chi connectivity index (χ1n) is 29.2. The molecule has 22 nitrogen and oxygen atoms in total. The van der Waals surface area contributed by atoms with Crippen molar-refractivity contribution in [3.05, 3.63) is 190 Å². The molecular formula is C66H87Cl4F4N15O7. The maximum absolute atomic E-state index is 12.9. The molecular weight excluding hydrogens is 1330 g/mol. The SMILES string of the molecule is CC(=O)OC(C)(C)C.C[C@H](N)C(C)(C)O.C[C@H](NC(=O)OC(C)(C)C)C(C)(C)O.C[C@H](Nc1nccc(Nc2ccc(F)cc2)n1)C(C)(C)O.Clc1ccnc(Cl)n1.Fc1ccc(Nc2ccnc(Cl)n2)cc1.Fc1ccc(Nc2ccnc(Cl)n2)cc1.Nc1ccc(F)cc1. The van der Waals surface area contributed by atoms with Gasteiger partial charge < -0.3 is 62.8 Å². The number of hydrogen-bond acceptors (Lipinski definition) is 21. The summed E-state index contributed by atoms with van der Waals surface area (Å²) in [7, 11) is 0. The van der Waals surface area contributed by atoms with Crippen LogP contribution in [0.1, 0.15) is 111 Å². The quantitative estimate of drug-likeness (QED) is 0.0179. The molecule has 8 rings (SSSR count). The van der Waals surface area contributed by atoms with Crippen molar-refractivity contribution in [2.75, 3.05) is 27.0 Å². The maximum Gasteiger partial charge on any atom is 0.407 e. The number of nitrogens with one attached hydrogen (secondary N) is 5. The largest absolute Gasteiger partial charge is 0.460 e. The fraction of sp³-hybridized carbons (Fsp3) is 0.364. The van der Waals surface area contributed by atoms with Crippen LogP contribution in [-0.2, 0) is 14.3 Å². The van der Waals surface area contributed by atoms with Crippen LogP contribution in [0.4, 0.5) is 68.5 Å². The number of aromatic nitrogens is 8. The maximum atomic E-state index is 12.9. The van der Waals surface area contributed by atoms with Gasteiger partial charge in [-0.25, -0.2) is 57.2 Å². The Hall–Kier alpha value is -8.34. The van der Waals surface area contributed by atoms with Crippen LogP contribution in [0, 0.1) is 23.3 Å². The molecule has 4 aromatic heterocycles. The van der Waals surface area contributed by atoms with Crippen LogP contribution < -0.4 is 38.1 Å². The Bertz CT molecular complexity index is 3400. The molecule has 0 radical (unpaired) electrons. The summed E-state index contributed by atoms with van der Waals surface area (Å²) in [5, 5.41) is 43.9. The number of anilines is 8. The first kappa shape index (κ1) is 85.7. The Morgan fingerprint density at radius 1 is 0.458 bits per heavy atom. The highest BCUT2D eigenvalue weighted by Gasteiger charge is 2.26. The van der Waals surface area contributed by atoms with Gasteiger partial charge in [-0.05, 0) is 260 Å². The summed E-state index contributed by atoms with van der Waals surface area (Å²) >= 11 is 22.0. The van der Waals surface area contributed by atoms with Crippen molar-refractivity contribution in [1.29, 1.82) is 0 Å². The summed E-state index contributed by atoms with van der Waals surface area (Å²) in [6.45, 7) is 27.7. The molecule has 0 aliphatic carbocycles. The molecule has 8 aromatic rings. The van der Waals surface area contributed by atoms with Crippen LogP contribution in [-0.4, -0.2) is 113 Å². The molecule has 0 spiro atoms. The predicted octanol–water partition coefficient (Wildman–Crippen LogP) is 15.3. The normalized spacial score (nSPS) is 11.8. The van der Waals surface area contributed by atoms with E-state index in [0.717, 1.165) is 17.1 Å². The molecule has 3 atom stereocenters. The van der Waals surface area contributed by atoms with E-state index in [1.54, 1.807) is 155 Å². The lowest BCUT2D eigenvalue weighted by Crippen LogP contribution is -2.48. The number of halogens is 8. The molecule has 0 fully saturated rings. The molecule has 30 heteroatoms. The fourth-order valence-electron chi connectivity index (χ4n) is 5.59. The van der Waals surface area contributed by atoms with Crippen molar-refractivity contribution >= 4 is 105 Å². The topological polar surface area (TPSA) is 329 Å². The molecule has 0 bridgehead atoms. The Morgan fingerprint density at radius 3 is 1.03 bits per heavy atom. The summed E-state index contributed by atoms with van der Waals surface area (Å²) < 4.78 is 60.0. The standard InChI is InChI=1S/C15H19FN4O.2C10H7ClFN3.C10H21NO3.C6H6FN.C6H12O2.C5H13NO.C4H2Cl2N2/c1-10(15(2,3)21)18-14-17-9-8-13(20-14)19-12-6-4-11(16)5-7-12;2*11-10-13-6-5-9(15-10)14-8-3-1-7(12)2-4-8;1-7(10(5,6)13)11-8(12)14-9(2,3)4;7-5-1-3-6(8)4-2-5;1-5(7)8-6(2,3)4;1-4(6)5(2,3)7;5-3-1-2-7-4(6)8-3/h4-10,21H,1-3H3,(H2,17,18,19,20);2*1-6H,(H,13,14,15);7,13H,1-6H3,(H,11,12);1-4H,8H2;1-4H3;4,7H,6H2,1-3H3;1-2H/t10-;;;7-;;;4-;/m0..0..0./s1. The van der Waals surface area contributed by atoms with E-state index in [1.165, 1.54) is 73.8 Å². The third-order valence-electron chi connectivity index (χ3n) is 11.5. The number of carbonyl (C=O) groups excluding carboxylic acids is 2. The van der Waals surface area contributed by atoms with Crippen molar-refractivity contribution in [3.63, 3.8) is 0 Å². The van der Waals surface area contributed by atoms with Crippen molar-refractivity contribution in [1.82, 2.24) is 45.2 Å². The Kier molecular flexibility index (Phi) is 37.1. The number of esters is 1. The van der Waals surface area contributed by atoms with E-state index in [9.17, 15) is 37.4 Å². The number of benzene rings is 4. The smallest absolute Gasteiger partial charge is 0.407 e. The average molecular weight is 1420 g/mol. The highest BCUT2D eigenvalue weighted by molar-refractivity contribution is 6.31. The van der Waals surface area contributed by atoms with Crippen molar-refractivity contribution < 1.29 is 51.9 Å². The third kappa shape index (κ3) is 42.9. The van der Waals surface area contributed by atoms with E-state index < -0.39 is 28.5 Å². The van der Waals surface area contributed by atoms with E-state index in [1.807, 2.05) is 27.7 Å². The lowest BCUT2D eigenvalue weighted by atomic mass is 10.0. The molecule has 0 saturated heterocycles. The van der Waals surface area contributed by atoms with E-state index in [4.69, 9.17) is 72.5 Å². The van der Waals surface area contributed by atoms with Crippen molar-refractivity contribution in [2.24, 2.45) is 5.73 Å². The average Bonchev–Trinajstić information content (AvgIpc) is 0.937. The second-order valence-corrected chi connectivity index (χ2v) is 25.4. The van der Waals surface area contributed by atoms with Crippen LogP contribution in [0.15, 0.2) is 146 Å². The highest BCUT2D eigenvalue weighted by Crippen LogP contribution is 2.20. The molecule has 96 heavy (non-hydrogen) atoms. The van der Waals surface area contributed by atoms with Crippen molar-refractivity contribution in [2.45, 2.75) is 157 Å². The number of carbonyl (C=O) groups is 2. The van der Waals surface area contributed by atoms with Gasteiger partial charge in [0.2, 0.25) is 21.8 Å². The number of hydrogen-bond donors (Lipinski definition) is 10. The van der Waals surface area contributed by atoms with Crippen LogP contribution in [0.2, 0.25) is 21.0 Å². The Labute approximate surface area is 578 Å². The highest BCUT2D eigenvalue weighted by atomic mass is 35.5. The minimum absolute atomic E-state index is 0.146. The van der Waals surface area contributed by atoms with Crippen LogP contribution in [0.25, 0.3) is 0 Å². The minimum Gasteiger partial charge on any atom is -0.460 e. The lowest BCUT2D eigenvalue weighted by molar-refractivity contribution is -0.151. The Balaban J connectivity index is 0.000000564. The molecule has 0 saturated carbocycles. The Morgan fingerprint density at radius 2 is 0.771 bits per heavy atom. The minimum atomic E-state index is -0.948. The van der Waals surface area contributed by atoms with Crippen LogP contribution >= 0.6 is 46.4 Å². The van der Waals surface area contributed by atoms with Gasteiger partial charge in [-0.2, -0.15) is 4.98 Å². The summed E-state index contributed by atoms with van der Waals surface area (Å²) in [5.74, 6) is 0.825. The van der Waals surface area contributed by atoms with E-state index >= 15 is 0 Å². The molecule has 4 heterocycles. The number of nitrogens with zero attached hydrogens (tertiary/aromatic N) is 8. The predicted molar refractivity (Wildman–Crippen MR) is 374 cm³/mol. The van der Waals surface area contributed by atoms with Crippen molar-refractivity contribution in [3.8, 4) is 0 Å². The van der Waals surface area contributed by atoms with Gasteiger partial charge in [0.25, 0.3) is 0 Å². The molecule has 0 aliphatic heterocycles. The van der Waals surface area contributed by atoms with Gasteiger partial charge in [0.1, 0.15) is 57.1 Å². The number of nitrogen functional groups attached to an aromatic ring is 1. The number of ether oxygens (including phenoxy) is 2. The third-order valence-corrected chi connectivity index (χ3v) is 12.2. The number of amides is 1. The number of alkyl carbamates (subject to hydrolysis) is 1. The number of nitrogens with two attached hydrogens (primary N) is 2. The number of rotatable bonds is 12. The van der Waals surface area contributed by atoms with Gasteiger partial charge in [-0.3, -0.25) is 4.79 Å². The first-order chi connectivity index (χ1) is 44.3. The summed E-state index contributed by atoms with van der Waals surface area (Å²) in [5.41, 5.74) is 9.99. The molecule has 1 amide bonds. The first-order valence-corrected chi connectivity index (χ1v) is 30.7. The van der Waals surface area contributed by atoms with Gasteiger partial charge in [0, 0.05) is 60.5 Å². The van der Waals surface area contributed by atoms with Gasteiger partial charge in [-0.1, -0.05) is 11.6 Å².